The van der Waals surface area contributed by atoms with Gasteiger partial charge in [0.2, 0.25) is 0 Å². The molecule has 1 aromatic carbocycles. The van der Waals surface area contributed by atoms with E-state index >= 15 is 0 Å². The third kappa shape index (κ3) is 4.19. The van der Waals surface area contributed by atoms with Gasteiger partial charge in [0, 0.05) is 6.54 Å². The van der Waals surface area contributed by atoms with E-state index in [-0.39, 0.29) is 11.9 Å². The highest BCUT2D eigenvalue weighted by Crippen LogP contribution is 2.24. The highest BCUT2D eigenvalue weighted by Gasteiger charge is 2.13. The van der Waals surface area contributed by atoms with E-state index in [2.05, 4.69) is 36.8 Å². The Morgan fingerprint density at radius 1 is 1.09 bits per heavy atom. The topological polar surface area (TPSA) is 93.2 Å². The molecule has 0 spiro atoms. The van der Waals surface area contributed by atoms with Crippen LogP contribution in [0.5, 0.6) is 0 Å². The zero-order chi connectivity index (χ0) is 16.1. The van der Waals surface area contributed by atoms with E-state index in [1.807, 2.05) is 30.3 Å². The van der Waals surface area contributed by atoms with Gasteiger partial charge in [0.15, 0.2) is 10.4 Å². The van der Waals surface area contributed by atoms with Crippen LogP contribution in [0.2, 0.25) is 0 Å². The van der Waals surface area contributed by atoms with Crippen molar-refractivity contribution in [1.82, 2.24) is 15.5 Å². The van der Waals surface area contributed by atoms with E-state index < -0.39 is 6.03 Å². The Morgan fingerprint density at radius 2 is 1.91 bits per heavy atom. The number of halogens is 1. The van der Waals surface area contributed by atoms with Gasteiger partial charge in [-0.3, -0.25) is 5.32 Å². The number of rotatable bonds is 5. The molecule has 0 unspecified atom stereocenters. The number of nitrogens with one attached hydrogen (secondary N) is 2. The van der Waals surface area contributed by atoms with Gasteiger partial charge in [-0.15, -0.1) is 5.10 Å². The second-order valence-electron chi connectivity index (χ2n) is 4.63. The van der Waals surface area contributed by atoms with Crippen LogP contribution in [0.1, 0.15) is 5.56 Å². The normalized spacial score (nSPS) is 10.5. The summed E-state index contributed by atoms with van der Waals surface area (Å²) in [6, 6.07) is 12.9. The number of hydrogen-bond acceptors (Lipinski definition) is 5. The summed E-state index contributed by atoms with van der Waals surface area (Å²) < 4.78 is 11.2. The number of carbonyl (C=O) groups excluding carboxylic acids is 1. The standard InChI is InChI=1S/C15H13BrN4O3/c16-12-7-6-11(22-12)13-19-20-15(23-13)18-14(21)17-9-8-10-4-2-1-3-5-10/h1-7H,8-9H2,(H2,17,18,20,21). The van der Waals surface area contributed by atoms with Gasteiger partial charge in [-0.2, -0.15) is 0 Å². The van der Waals surface area contributed by atoms with Crippen LogP contribution in [0.3, 0.4) is 0 Å². The molecule has 118 valence electrons. The molecule has 3 aromatic rings. The monoisotopic (exact) mass is 376 g/mol. The van der Waals surface area contributed by atoms with Crippen LogP contribution in [-0.4, -0.2) is 22.8 Å². The largest absolute Gasteiger partial charge is 0.444 e. The molecule has 0 saturated carbocycles. The Labute approximate surface area is 140 Å². The number of aromatic nitrogens is 2. The number of benzene rings is 1. The Morgan fingerprint density at radius 3 is 2.65 bits per heavy atom. The summed E-state index contributed by atoms with van der Waals surface area (Å²) >= 11 is 3.19. The van der Waals surface area contributed by atoms with E-state index in [0.717, 1.165) is 12.0 Å². The quantitative estimate of drug-likeness (QED) is 0.710. The van der Waals surface area contributed by atoms with Crippen molar-refractivity contribution in [2.24, 2.45) is 0 Å². The first kappa shape index (κ1) is 15.3. The van der Waals surface area contributed by atoms with Crippen LogP contribution in [0.15, 0.2) is 56.0 Å². The van der Waals surface area contributed by atoms with Gasteiger partial charge in [-0.25, -0.2) is 4.79 Å². The van der Waals surface area contributed by atoms with Crippen molar-refractivity contribution < 1.29 is 13.6 Å². The summed E-state index contributed by atoms with van der Waals surface area (Å²) in [5, 5.41) is 12.8. The summed E-state index contributed by atoms with van der Waals surface area (Å²) in [6.07, 6.45) is 0.740. The molecular formula is C15H13BrN4O3. The van der Waals surface area contributed by atoms with Crippen molar-refractivity contribution in [3.63, 3.8) is 0 Å². The number of amides is 2. The molecule has 0 bridgehead atoms. The second-order valence-corrected chi connectivity index (χ2v) is 5.41. The molecule has 0 aliphatic carbocycles. The van der Waals surface area contributed by atoms with Gasteiger partial charge in [0.1, 0.15) is 0 Å². The van der Waals surface area contributed by atoms with Gasteiger partial charge < -0.3 is 14.2 Å². The summed E-state index contributed by atoms with van der Waals surface area (Å²) in [7, 11) is 0. The zero-order valence-corrected chi connectivity index (χ0v) is 13.5. The number of hydrogen-bond donors (Lipinski definition) is 2. The van der Waals surface area contributed by atoms with Gasteiger partial charge in [0.05, 0.1) is 0 Å². The number of urea groups is 1. The van der Waals surface area contributed by atoms with Crippen molar-refractivity contribution >= 4 is 28.0 Å². The van der Waals surface area contributed by atoms with Gasteiger partial charge >= 0.3 is 12.0 Å². The second kappa shape index (κ2) is 7.10. The molecule has 8 heteroatoms. The van der Waals surface area contributed by atoms with E-state index in [4.69, 9.17) is 8.83 Å². The zero-order valence-electron chi connectivity index (χ0n) is 12.0. The molecule has 3 rings (SSSR count). The molecule has 2 N–H and O–H groups in total. The fourth-order valence-corrected chi connectivity index (χ4v) is 2.22. The summed E-state index contributed by atoms with van der Waals surface area (Å²) in [5.41, 5.74) is 1.15. The predicted molar refractivity (Wildman–Crippen MR) is 86.9 cm³/mol. The Bertz CT molecular complexity index is 785. The molecule has 2 heterocycles. The van der Waals surface area contributed by atoms with Crippen LogP contribution in [0.4, 0.5) is 10.8 Å². The van der Waals surface area contributed by atoms with E-state index in [1.165, 1.54) is 0 Å². The van der Waals surface area contributed by atoms with Crippen LogP contribution in [0.25, 0.3) is 11.7 Å². The molecule has 0 radical (unpaired) electrons. The van der Waals surface area contributed by atoms with Crippen molar-refractivity contribution in [1.29, 1.82) is 0 Å². The lowest BCUT2D eigenvalue weighted by atomic mass is 10.1. The maximum absolute atomic E-state index is 11.8. The predicted octanol–water partition coefficient (Wildman–Crippen LogP) is 3.46. The molecule has 0 aliphatic rings. The van der Waals surface area contributed by atoms with E-state index in [1.54, 1.807) is 12.1 Å². The summed E-state index contributed by atoms with van der Waals surface area (Å²) in [4.78, 5) is 11.8. The lowest BCUT2D eigenvalue weighted by Crippen LogP contribution is -2.30. The lowest BCUT2D eigenvalue weighted by molar-refractivity contribution is 0.251. The van der Waals surface area contributed by atoms with Crippen LogP contribution < -0.4 is 10.6 Å². The molecule has 23 heavy (non-hydrogen) atoms. The summed E-state index contributed by atoms with van der Waals surface area (Å²) in [5.74, 6) is 0.609. The number of nitrogens with zero attached hydrogens (tertiary/aromatic N) is 2. The SMILES string of the molecule is O=C(NCCc1ccccc1)Nc1nnc(-c2ccc(Br)o2)o1. The maximum Gasteiger partial charge on any atom is 0.324 e. The average Bonchev–Trinajstić information content (AvgIpc) is 3.17. The summed E-state index contributed by atoms with van der Waals surface area (Å²) in [6.45, 7) is 0.502. The molecule has 2 amide bonds. The van der Waals surface area contributed by atoms with Gasteiger partial charge in [-0.1, -0.05) is 35.4 Å². The Hall–Kier alpha value is -2.61. The van der Waals surface area contributed by atoms with Crippen LogP contribution in [-0.2, 0) is 6.42 Å². The molecule has 2 aromatic heterocycles. The first-order valence-corrected chi connectivity index (χ1v) is 7.68. The third-order valence-electron chi connectivity index (χ3n) is 2.97. The minimum absolute atomic E-state index is 0.00438. The molecule has 0 fully saturated rings. The average molecular weight is 377 g/mol. The van der Waals surface area contributed by atoms with Crippen molar-refractivity contribution in [2.75, 3.05) is 11.9 Å². The van der Waals surface area contributed by atoms with Crippen molar-refractivity contribution in [3.8, 4) is 11.7 Å². The minimum Gasteiger partial charge on any atom is -0.444 e. The Kier molecular flexibility index (Phi) is 4.72. The minimum atomic E-state index is -0.406. The van der Waals surface area contributed by atoms with E-state index in [0.29, 0.717) is 17.0 Å². The van der Waals surface area contributed by atoms with Crippen LogP contribution >= 0.6 is 15.9 Å². The molecule has 0 aliphatic heterocycles. The lowest BCUT2D eigenvalue weighted by Gasteiger charge is -2.04. The molecule has 0 atom stereocenters. The fraction of sp³-hybridized carbons (Fsp3) is 0.133. The molecule has 0 saturated heterocycles. The highest BCUT2D eigenvalue weighted by atomic mass is 79.9. The fourth-order valence-electron chi connectivity index (χ4n) is 1.91. The number of furan rings is 1. The van der Waals surface area contributed by atoms with E-state index in [9.17, 15) is 4.79 Å². The highest BCUT2D eigenvalue weighted by molar-refractivity contribution is 9.10. The third-order valence-corrected chi connectivity index (χ3v) is 3.40. The van der Waals surface area contributed by atoms with Crippen molar-refractivity contribution in [3.05, 3.63) is 52.7 Å². The number of carbonyl (C=O) groups is 1. The van der Waals surface area contributed by atoms with Crippen LogP contribution in [0, 0.1) is 0 Å². The first-order valence-electron chi connectivity index (χ1n) is 6.89. The smallest absolute Gasteiger partial charge is 0.324 e. The first-order chi connectivity index (χ1) is 11.2. The molecule has 7 nitrogen and oxygen atoms in total. The van der Waals surface area contributed by atoms with Gasteiger partial charge in [-0.05, 0) is 40.0 Å². The molecular weight excluding hydrogens is 364 g/mol. The van der Waals surface area contributed by atoms with Gasteiger partial charge in [0.25, 0.3) is 5.89 Å². The van der Waals surface area contributed by atoms with Crippen molar-refractivity contribution in [2.45, 2.75) is 6.42 Å². The number of anilines is 1. The Balaban J connectivity index is 1.49. The maximum atomic E-state index is 11.8.